The van der Waals surface area contributed by atoms with Crippen molar-refractivity contribution in [1.29, 1.82) is 0 Å². The molecule has 0 amide bonds. The fourth-order valence-corrected chi connectivity index (χ4v) is 3.40. The van der Waals surface area contributed by atoms with Crippen molar-refractivity contribution in [2.24, 2.45) is 0 Å². The van der Waals surface area contributed by atoms with E-state index in [9.17, 15) is 4.39 Å². The molecule has 0 spiro atoms. The van der Waals surface area contributed by atoms with Crippen LogP contribution in [0, 0.1) is 12.7 Å². The largest absolute Gasteiger partial charge is 0.501 e. The number of nitrogens with zero attached hydrogens (tertiary/aromatic N) is 1. The first-order chi connectivity index (χ1) is 12.9. The Bertz CT molecular complexity index is 890. The molecule has 142 valence electrons. The van der Waals surface area contributed by atoms with Crippen molar-refractivity contribution in [2.45, 2.75) is 26.7 Å². The van der Waals surface area contributed by atoms with Gasteiger partial charge in [-0.3, -0.25) is 0 Å². The van der Waals surface area contributed by atoms with E-state index in [2.05, 4.69) is 18.5 Å². The summed E-state index contributed by atoms with van der Waals surface area (Å²) in [7, 11) is 1.62. The molecule has 2 aromatic carbocycles. The molecule has 0 aliphatic carbocycles. The molecule has 5 heteroatoms. The van der Waals surface area contributed by atoms with E-state index in [0.717, 1.165) is 33.5 Å². The van der Waals surface area contributed by atoms with E-state index in [1.54, 1.807) is 30.6 Å². The molecule has 1 heterocycles. The number of halogens is 2. The predicted molar refractivity (Wildman–Crippen MR) is 113 cm³/mol. The Morgan fingerprint density at radius 1 is 1.22 bits per heavy atom. The molecule has 0 aliphatic rings. The lowest BCUT2D eigenvalue weighted by molar-refractivity contribution is 0.285. The van der Waals surface area contributed by atoms with E-state index in [0.29, 0.717) is 6.42 Å². The maximum Gasteiger partial charge on any atom is 0.123 e. The van der Waals surface area contributed by atoms with Gasteiger partial charge in [0.1, 0.15) is 10.8 Å². The standard InChI is InChI=1S/C14H14ClNOS.C8H9F/c1-9-4-5-11(15)7-13(9)14-16-12(8-18-14)6-10(2)17-3;1-2-7-3-5-8(9)6-4-7/h4-5,7-8H,2,6H2,1,3H3;3-6H,2H2,1H3. The maximum absolute atomic E-state index is 12.2. The molecular formula is C22H23ClFNOS. The van der Waals surface area contributed by atoms with Gasteiger partial charge in [0.2, 0.25) is 0 Å². The van der Waals surface area contributed by atoms with Gasteiger partial charge in [-0.2, -0.15) is 0 Å². The van der Waals surface area contributed by atoms with E-state index in [1.807, 2.05) is 30.5 Å². The first kappa shape index (κ1) is 21.1. The third kappa shape index (κ3) is 6.49. The number of hydrogen-bond donors (Lipinski definition) is 0. The van der Waals surface area contributed by atoms with Crippen LogP contribution in [0.4, 0.5) is 4.39 Å². The molecule has 0 N–H and O–H groups in total. The molecule has 0 aliphatic heterocycles. The summed E-state index contributed by atoms with van der Waals surface area (Å²) < 4.78 is 17.3. The lowest BCUT2D eigenvalue weighted by atomic mass is 10.1. The summed E-state index contributed by atoms with van der Waals surface area (Å²) in [6.45, 7) is 7.91. The number of aryl methyl sites for hydroxylation is 2. The average Bonchev–Trinajstić information content (AvgIpc) is 3.13. The molecule has 2 nitrogen and oxygen atoms in total. The molecule has 3 rings (SSSR count). The third-order valence-corrected chi connectivity index (χ3v) is 5.13. The zero-order valence-corrected chi connectivity index (χ0v) is 17.3. The van der Waals surface area contributed by atoms with Gasteiger partial charge in [0.25, 0.3) is 0 Å². The Balaban J connectivity index is 0.000000244. The molecule has 0 radical (unpaired) electrons. The third-order valence-electron chi connectivity index (χ3n) is 3.97. The first-order valence-corrected chi connectivity index (χ1v) is 9.85. The Labute approximate surface area is 169 Å². The van der Waals surface area contributed by atoms with Gasteiger partial charge in [-0.1, -0.05) is 43.3 Å². The molecule has 0 saturated carbocycles. The van der Waals surface area contributed by atoms with Crippen molar-refractivity contribution in [3.8, 4) is 10.6 Å². The summed E-state index contributed by atoms with van der Waals surface area (Å²) in [5, 5.41) is 3.74. The second-order valence-electron chi connectivity index (χ2n) is 6.00. The molecule has 1 aromatic heterocycles. The van der Waals surface area contributed by atoms with Gasteiger partial charge in [0.05, 0.1) is 18.6 Å². The van der Waals surface area contributed by atoms with E-state index >= 15 is 0 Å². The summed E-state index contributed by atoms with van der Waals surface area (Å²) in [5.74, 6) is 0.557. The molecule has 0 unspecified atom stereocenters. The highest BCUT2D eigenvalue weighted by Gasteiger charge is 2.09. The van der Waals surface area contributed by atoms with Crippen molar-refractivity contribution < 1.29 is 9.13 Å². The van der Waals surface area contributed by atoms with Gasteiger partial charge in [0.15, 0.2) is 0 Å². The number of rotatable bonds is 5. The molecule has 0 atom stereocenters. The van der Waals surface area contributed by atoms with Crippen molar-refractivity contribution in [1.82, 2.24) is 4.98 Å². The normalized spacial score (nSPS) is 10.1. The van der Waals surface area contributed by atoms with E-state index in [1.165, 1.54) is 23.3 Å². The van der Waals surface area contributed by atoms with E-state index < -0.39 is 0 Å². The highest BCUT2D eigenvalue weighted by Crippen LogP contribution is 2.29. The van der Waals surface area contributed by atoms with Crippen LogP contribution in [-0.2, 0) is 17.6 Å². The summed E-state index contributed by atoms with van der Waals surface area (Å²) in [6.07, 6.45) is 1.62. The smallest absolute Gasteiger partial charge is 0.123 e. The second-order valence-corrected chi connectivity index (χ2v) is 7.30. The second kappa shape index (κ2) is 10.2. The van der Waals surface area contributed by atoms with Crippen LogP contribution in [0.2, 0.25) is 5.02 Å². The van der Waals surface area contributed by atoms with Gasteiger partial charge in [-0.15, -0.1) is 11.3 Å². The van der Waals surface area contributed by atoms with E-state index in [4.69, 9.17) is 16.3 Å². The fourth-order valence-electron chi connectivity index (χ4n) is 2.33. The molecule has 27 heavy (non-hydrogen) atoms. The summed E-state index contributed by atoms with van der Waals surface area (Å²) in [4.78, 5) is 4.59. The number of aromatic nitrogens is 1. The van der Waals surface area contributed by atoms with Gasteiger partial charge >= 0.3 is 0 Å². The molecule has 0 fully saturated rings. The minimum absolute atomic E-state index is 0.160. The average molecular weight is 404 g/mol. The lowest BCUT2D eigenvalue weighted by Crippen LogP contribution is -1.91. The number of thiazole rings is 1. The van der Waals surface area contributed by atoms with E-state index in [-0.39, 0.29) is 5.82 Å². The minimum Gasteiger partial charge on any atom is -0.501 e. The Hall–Kier alpha value is -2.17. The molecule has 0 saturated heterocycles. The monoisotopic (exact) mass is 403 g/mol. The molecular weight excluding hydrogens is 381 g/mol. The van der Waals surface area contributed by atoms with Crippen LogP contribution in [0.1, 0.15) is 23.7 Å². The maximum atomic E-state index is 12.2. The van der Waals surface area contributed by atoms with Crippen LogP contribution in [0.5, 0.6) is 0 Å². The highest BCUT2D eigenvalue weighted by molar-refractivity contribution is 7.13. The van der Waals surface area contributed by atoms with Gasteiger partial charge in [-0.25, -0.2) is 9.37 Å². The van der Waals surface area contributed by atoms with Gasteiger partial charge < -0.3 is 4.74 Å². The van der Waals surface area contributed by atoms with Gasteiger partial charge in [0, 0.05) is 22.4 Å². The van der Waals surface area contributed by atoms with Crippen LogP contribution in [-0.4, -0.2) is 12.1 Å². The summed E-state index contributed by atoms with van der Waals surface area (Å²) >= 11 is 7.63. The van der Waals surface area contributed by atoms with Crippen LogP contribution in [0.3, 0.4) is 0 Å². The summed E-state index contributed by atoms with van der Waals surface area (Å²) in [5.41, 5.74) is 4.41. The Morgan fingerprint density at radius 3 is 2.56 bits per heavy atom. The van der Waals surface area contributed by atoms with Crippen molar-refractivity contribution in [3.63, 3.8) is 0 Å². The first-order valence-electron chi connectivity index (χ1n) is 8.60. The topological polar surface area (TPSA) is 22.1 Å². The number of ether oxygens (including phenoxy) is 1. The zero-order valence-electron chi connectivity index (χ0n) is 15.8. The Kier molecular flexibility index (Phi) is 8.01. The molecule has 0 bridgehead atoms. The fraction of sp³-hybridized carbons (Fsp3) is 0.227. The van der Waals surface area contributed by atoms with Crippen LogP contribution < -0.4 is 0 Å². The van der Waals surface area contributed by atoms with Crippen molar-refractivity contribution in [2.75, 3.05) is 7.11 Å². The highest BCUT2D eigenvalue weighted by atomic mass is 35.5. The number of benzene rings is 2. The lowest BCUT2D eigenvalue weighted by Gasteiger charge is -2.03. The SMILES string of the molecule is C=C(Cc1csc(-c2cc(Cl)ccc2C)n1)OC.CCc1ccc(F)cc1. The zero-order chi connectivity index (χ0) is 19.8. The summed E-state index contributed by atoms with van der Waals surface area (Å²) in [6, 6.07) is 12.4. The van der Waals surface area contributed by atoms with Gasteiger partial charge in [-0.05, 0) is 48.7 Å². The van der Waals surface area contributed by atoms with Crippen molar-refractivity contribution in [3.05, 3.63) is 87.8 Å². The Morgan fingerprint density at radius 2 is 1.93 bits per heavy atom. The number of methoxy groups -OCH3 is 1. The van der Waals surface area contributed by atoms with Crippen molar-refractivity contribution >= 4 is 22.9 Å². The number of hydrogen-bond acceptors (Lipinski definition) is 3. The minimum atomic E-state index is -0.160. The van der Waals surface area contributed by atoms with Crippen LogP contribution >= 0.6 is 22.9 Å². The quantitative estimate of drug-likeness (QED) is 0.434. The number of allylic oxidation sites excluding steroid dienone is 1. The predicted octanol–water partition coefficient (Wildman–Crippen LogP) is 6.86. The van der Waals surface area contributed by atoms with Crippen LogP contribution in [0.15, 0.2) is 60.2 Å². The van der Waals surface area contributed by atoms with Crippen LogP contribution in [0.25, 0.3) is 10.6 Å². The molecule has 3 aromatic rings.